The Labute approximate surface area is 122 Å². The lowest BCUT2D eigenvalue weighted by Crippen LogP contribution is -2.18. The number of ether oxygens (including phenoxy) is 1. The molecule has 1 atom stereocenters. The fourth-order valence-electron chi connectivity index (χ4n) is 1.94. The maximum Gasteiger partial charge on any atom is 0.387 e. The van der Waals surface area contributed by atoms with Crippen molar-refractivity contribution in [1.82, 2.24) is 5.32 Å². The Morgan fingerprint density at radius 2 is 1.67 bits per heavy atom. The number of alkyl halides is 2. The van der Waals surface area contributed by atoms with Crippen molar-refractivity contribution in [2.45, 2.75) is 26.1 Å². The first-order valence-corrected chi connectivity index (χ1v) is 6.60. The van der Waals surface area contributed by atoms with Gasteiger partial charge in [-0.15, -0.1) is 0 Å². The number of hydrogen-bond acceptors (Lipinski definition) is 3. The Kier molecular flexibility index (Phi) is 5.11. The molecule has 2 rings (SSSR count). The minimum Gasteiger partial charge on any atom is -0.508 e. The fraction of sp³-hybridized carbons (Fsp3) is 0.250. The molecule has 0 aliphatic carbocycles. The van der Waals surface area contributed by atoms with E-state index >= 15 is 0 Å². The van der Waals surface area contributed by atoms with Gasteiger partial charge in [0.1, 0.15) is 11.5 Å². The fourth-order valence-corrected chi connectivity index (χ4v) is 1.94. The molecule has 0 saturated carbocycles. The van der Waals surface area contributed by atoms with Crippen LogP contribution in [0.5, 0.6) is 11.5 Å². The predicted octanol–water partition coefficient (Wildman–Crippen LogP) is 3.84. The Balaban J connectivity index is 1.90. The van der Waals surface area contributed by atoms with Crippen LogP contribution < -0.4 is 10.1 Å². The lowest BCUT2D eigenvalue weighted by atomic mass is 10.1. The monoisotopic (exact) mass is 293 g/mol. The molecule has 0 fully saturated rings. The lowest BCUT2D eigenvalue weighted by molar-refractivity contribution is -0.0498. The molecule has 3 nitrogen and oxygen atoms in total. The quantitative estimate of drug-likeness (QED) is 0.850. The highest BCUT2D eigenvalue weighted by molar-refractivity contribution is 5.29. The van der Waals surface area contributed by atoms with Crippen molar-refractivity contribution in [2.75, 3.05) is 0 Å². The zero-order valence-electron chi connectivity index (χ0n) is 11.6. The molecule has 2 aromatic carbocycles. The van der Waals surface area contributed by atoms with E-state index in [0.29, 0.717) is 6.54 Å². The molecular weight excluding hydrogens is 276 g/mol. The summed E-state index contributed by atoms with van der Waals surface area (Å²) >= 11 is 0. The molecular formula is C16H17F2NO2. The second-order valence-corrected chi connectivity index (χ2v) is 4.72. The molecule has 2 N–H and O–H groups in total. The van der Waals surface area contributed by atoms with Crippen LogP contribution in [0, 0.1) is 0 Å². The molecule has 2 aromatic rings. The molecule has 0 bridgehead atoms. The molecule has 0 amide bonds. The highest BCUT2D eigenvalue weighted by atomic mass is 19.3. The predicted molar refractivity (Wildman–Crippen MR) is 76.4 cm³/mol. The van der Waals surface area contributed by atoms with Crippen molar-refractivity contribution in [2.24, 2.45) is 0 Å². The van der Waals surface area contributed by atoms with Crippen LogP contribution in [0.2, 0.25) is 0 Å². The number of halogens is 2. The van der Waals surface area contributed by atoms with Gasteiger partial charge in [0.05, 0.1) is 0 Å². The second-order valence-electron chi connectivity index (χ2n) is 4.72. The summed E-state index contributed by atoms with van der Waals surface area (Å²) in [6.45, 7) is -0.166. The Morgan fingerprint density at radius 3 is 2.24 bits per heavy atom. The summed E-state index contributed by atoms with van der Waals surface area (Å²) in [4.78, 5) is 0. The van der Waals surface area contributed by atoms with E-state index in [2.05, 4.69) is 10.1 Å². The van der Waals surface area contributed by atoms with Crippen LogP contribution in [-0.4, -0.2) is 11.7 Å². The molecule has 0 aliphatic rings. The minimum absolute atomic E-state index is 0.0689. The van der Waals surface area contributed by atoms with Gasteiger partial charge >= 0.3 is 6.61 Å². The Bertz CT molecular complexity index is 555. The van der Waals surface area contributed by atoms with E-state index in [-0.39, 0.29) is 17.5 Å². The maximum atomic E-state index is 12.1. The van der Waals surface area contributed by atoms with Gasteiger partial charge < -0.3 is 15.2 Å². The van der Waals surface area contributed by atoms with Crippen LogP contribution in [0.1, 0.15) is 24.1 Å². The average Bonchev–Trinajstić information content (AvgIpc) is 2.46. The van der Waals surface area contributed by atoms with Crippen molar-refractivity contribution < 1.29 is 18.6 Å². The Hall–Kier alpha value is -2.14. The molecule has 112 valence electrons. The number of nitrogens with one attached hydrogen (secondary N) is 1. The molecule has 5 heteroatoms. The highest BCUT2D eigenvalue weighted by Crippen LogP contribution is 2.19. The largest absolute Gasteiger partial charge is 0.508 e. The highest BCUT2D eigenvalue weighted by Gasteiger charge is 2.07. The van der Waals surface area contributed by atoms with Crippen LogP contribution in [0.25, 0.3) is 0 Å². The standard InChI is InChI=1S/C16H17F2NO2/c1-11(19-10-12-2-6-14(20)7-3-12)13-4-8-15(9-5-13)21-16(17)18/h2-9,11,16,19-20H,10H2,1H3. The van der Waals surface area contributed by atoms with E-state index in [9.17, 15) is 13.9 Å². The second kappa shape index (κ2) is 7.04. The van der Waals surface area contributed by atoms with Gasteiger partial charge in [-0.05, 0) is 42.3 Å². The van der Waals surface area contributed by atoms with E-state index in [1.54, 1.807) is 24.3 Å². The lowest BCUT2D eigenvalue weighted by Gasteiger charge is -2.15. The number of phenolic OH excluding ortho intramolecular Hbond substituents is 1. The van der Waals surface area contributed by atoms with Crippen LogP contribution in [0.4, 0.5) is 8.78 Å². The third kappa shape index (κ3) is 4.72. The third-order valence-corrected chi connectivity index (χ3v) is 3.15. The van der Waals surface area contributed by atoms with Gasteiger partial charge in [-0.3, -0.25) is 0 Å². The first-order valence-electron chi connectivity index (χ1n) is 6.60. The van der Waals surface area contributed by atoms with Crippen LogP contribution >= 0.6 is 0 Å². The van der Waals surface area contributed by atoms with Crippen molar-refractivity contribution in [3.63, 3.8) is 0 Å². The summed E-state index contributed by atoms with van der Waals surface area (Å²) in [7, 11) is 0. The maximum absolute atomic E-state index is 12.1. The summed E-state index contributed by atoms with van der Waals surface area (Å²) in [5, 5.41) is 12.5. The average molecular weight is 293 g/mol. The zero-order valence-corrected chi connectivity index (χ0v) is 11.6. The smallest absolute Gasteiger partial charge is 0.387 e. The first-order chi connectivity index (χ1) is 10.0. The number of rotatable bonds is 6. The summed E-state index contributed by atoms with van der Waals surface area (Å²) in [5.41, 5.74) is 2.03. The van der Waals surface area contributed by atoms with Crippen LogP contribution in [-0.2, 0) is 6.54 Å². The third-order valence-electron chi connectivity index (χ3n) is 3.15. The topological polar surface area (TPSA) is 41.5 Å². The molecule has 0 saturated heterocycles. The number of phenols is 1. The van der Waals surface area contributed by atoms with E-state index in [1.165, 1.54) is 12.1 Å². The number of hydrogen-bond donors (Lipinski definition) is 2. The van der Waals surface area contributed by atoms with Gasteiger partial charge in [-0.1, -0.05) is 24.3 Å². The van der Waals surface area contributed by atoms with E-state index < -0.39 is 6.61 Å². The van der Waals surface area contributed by atoms with Gasteiger partial charge in [0.15, 0.2) is 0 Å². The van der Waals surface area contributed by atoms with Gasteiger partial charge in [-0.2, -0.15) is 8.78 Å². The Morgan fingerprint density at radius 1 is 1.05 bits per heavy atom. The van der Waals surface area contributed by atoms with Gasteiger partial charge in [-0.25, -0.2) is 0 Å². The molecule has 1 unspecified atom stereocenters. The normalized spacial score (nSPS) is 12.4. The SMILES string of the molecule is CC(NCc1ccc(O)cc1)c1ccc(OC(F)F)cc1. The molecule has 0 spiro atoms. The van der Waals surface area contributed by atoms with Gasteiger partial charge in [0.25, 0.3) is 0 Å². The van der Waals surface area contributed by atoms with E-state index in [4.69, 9.17) is 0 Å². The zero-order chi connectivity index (χ0) is 15.2. The van der Waals surface area contributed by atoms with Crippen LogP contribution in [0.3, 0.4) is 0 Å². The minimum atomic E-state index is -2.80. The molecule has 0 aromatic heterocycles. The van der Waals surface area contributed by atoms with Crippen molar-refractivity contribution in [3.8, 4) is 11.5 Å². The molecule has 0 radical (unpaired) electrons. The van der Waals surface area contributed by atoms with Crippen molar-refractivity contribution >= 4 is 0 Å². The summed E-state index contributed by atoms with van der Waals surface area (Å²) in [6.07, 6.45) is 0. The van der Waals surface area contributed by atoms with E-state index in [0.717, 1.165) is 11.1 Å². The van der Waals surface area contributed by atoms with Crippen molar-refractivity contribution in [1.29, 1.82) is 0 Å². The summed E-state index contributed by atoms with van der Waals surface area (Å²) in [5.74, 6) is 0.390. The van der Waals surface area contributed by atoms with Gasteiger partial charge in [0, 0.05) is 12.6 Å². The number of benzene rings is 2. The molecule has 0 aliphatic heterocycles. The summed E-state index contributed by atoms with van der Waals surface area (Å²) in [6, 6.07) is 13.6. The van der Waals surface area contributed by atoms with E-state index in [1.807, 2.05) is 19.1 Å². The first kappa shape index (κ1) is 15.3. The van der Waals surface area contributed by atoms with Crippen molar-refractivity contribution in [3.05, 3.63) is 59.7 Å². The van der Waals surface area contributed by atoms with Gasteiger partial charge in [0.2, 0.25) is 0 Å². The number of aromatic hydroxyl groups is 1. The van der Waals surface area contributed by atoms with Crippen LogP contribution in [0.15, 0.2) is 48.5 Å². The summed E-state index contributed by atoms with van der Waals surface area (Å²) < 4.78 is 28.4. The molecule has 0 heterocycles. The molecule has 21 heavy (non-hydrogen) atoms.